The van der Waals surface area contributed by atoms with Crippen LogP contribution in [0.15, 0.2) is 64.4 Å². The van der Waals surface area contributed by atoms with Crippen molar-refractivity contribution < 1.29 is 10.2 Å². The van der Waals surface area contributed by atoms with Gasteiger partial charge >= 0.3 is 0 Å². The summed E-state index contributed by atoms with van der Waals surface area (Å²) in [5, 5.41) is 19.3. The molecule has 19 heavy (non-hydrogen) atoms. The van der Waals surface area contributed by atoms with Crippen molar-refractivity contribution in [2.45, 2.75) is 22.0 Å². The number of hydrogen-bond acceptors (Lipinski definition) is 4. The summed E-state index contributed by atoms with van der Waals surface area (Å²) < 4.78 is 0. The average molecular weight is 275 g/mol. The van der Waals surface area contributed by atoms with Gasteiger partial charge in [0.15, 0.2) is 0 Å². The normalized spacial score (nSPS) is 14.1. The summed E-state index contributed by atoms with van der Waals surface area (Å²) >= 11 is 1.65. The zero-order chi connectivity index (χ0) is 13.7. The van der Waals surface area contributed by atoms with Crippen molar-refractivity contribution in [1.82, 2.24) is 0 Å². The summed E-state index contributed by atoms with van der Waals surface area (Å²) in [7, 11) is 0. The minimum absolute atomic E-state index is 0.0433. The molecule has 0 heterocycles. The molecule has 0 radical (unpaired) electrons. The summed E-state index contributed by atoms with van der Waals surface area (Å²) in [6.45, 7) is 0.0433. The second-order valence-corrected chi connectivity index (χ2v) is 5.38. The standard InChI is InChI=1S/C15H17NO2S/c16-10-14(17)15(18)11-6-8-13(9-7-11)19-12-4-2-1-3-5-12/h1-9,14-15,17-18H,10,16H2. The third kappa shape index (κ3) is 3.81. The van der Waals surface area contributed by atoms with E-state index in [-0.39, 0.29) is 6.54 Å². The second-order valence-electron chi connectivity index (χ2n) is 4.23. The third-order valence-corrected chi connectivity index (χ3v) is 3.82. The van der Waals surface area contributed by atoms with Crippen molar-refractivity contribution in [2.24, 2.45) is 5.73 Å². The molecule has 0 saturated heterocycles. The van der Waals surface area contributed by atoms with Crippen LogP contribution in [-0.2, 0) is 0 Å². The number of nitrogens with two attached hydrogens (primary N) is 1. The molecule has 0 aliphatic heterocycles. The van der Waals surface area contributed by atoms with Crippen molar-refractivity contribution in [2.75, 3.05) is 6.54 Å². The highest BCUT2D eigenvalue weighted by atomic mass is 32.2. The highest BCUT2D eigenvalue weighted by Gasteiger charge is 2.16. The van der Waals surface area contributed by atoms with Gasteiger partial charge in [-0.1, -0.05) is 42.1 Å². The number of aliphatic hydroxyl groups is 2. The maximum Gasteiger partial charge on any atom is 0.106 e. The molecule has 2 aromatic carbocycles. The largest absolute Gasteiger partial charge is 0.389 e. The molecule has 3 nitrogen and oxygen atoms in total. The minimum atomic E-state index is -0.930. The first-order valence-electron chi connectivity index (χ1n) is 6.10. The summed E-state index contributed by atoms with van der Waals surface area (Å²) in [6, 6.07) is 17.6. The van der Waals surface area contributed by atoms with Crippen LogP contribution in [0, 0.1) is 0 Å². The van der Waals surface area contributed by atoms with Gasteiger partial charge in [-0.05, 0) is 29.8 Å². The third-order valence-electron chi connectivity index (χ3n) is 2.81. The van der Waals surface area contributed by atoms with Gasteiger partial charge in [-0.3, -0.25) is 0 Å². The molecule has 2 rings (SSSR count). The van der Waals surface area contributed by atoms with Crippen LogP contribution >= 0.6 is 11.8 Å². The number of hydrogen-bond donors (Lipinski definition) is 3. The minimum Gasteiger partial charge on any atom is -0.389 e. The van der Waals surface area contributed by atoms with Gasteiger partial charge in [-0.25, -0.2) is 0 Å². The monoisotopic (exact) mass is 275 g/mol. The highest BCUT2D eigenvalue weighted by molar-refractivity contribution is 7.99. The maximum atomic E-state index is 9.83. The topological polar surface area (TPSA) is 66.5 Å². The number of aliphatic hydroxyl groups excluding tert-OH is 2. The van der Waals surface area contributed by atoms with Crippen molar-refractivity contribution in [3.63, 3.8) is 0 Å². The van der Waals surface area contributed by atoms with Gasteiger partial charge in [0, 0.05) is 16.3 Å². The molecule has 4 heteroatoms. The van der Waals surface area contributed by atoms with E-state index in [0.29, 0.717) is 5.56 Å². The molecule has 2 aromatic rings. The van der Waals surface area contributed by atoms with Gasteiger partial charge in [0.1, 0.15) is 6.10 Å². The van der Waals surface area contributed by atoms with Crippen LogP contribution < -0.4 is 5.73 Å². The van der Waals surface area contributed by atoms with Crippen molar-refractivity contribution in [3.8, 4) is 0 Å². The molecular formula is C15H17NO2S. The molecule has 0 aliphatic carbocycles. The molecule has 0 fully saturated rings. The van der Waals surface area contributed by atoms with E-state index in [1.54, 1.807) is 11.8 Å². The molecule has 0 amide bonds. The first kappa shape index (κ1) is 14.1. The Hall–Kier alpha value is -1.33. The lowest BCUT2D eigenvalue weighted by atomic mass is 10.0. The second kappa shape index (κ2) is 6.73. The van der Waals surface area contributed by atoms with E-state index in [4.69, 9.17) is 5.73 Å². The van der Waals surface area contributed by atoms with Gasteiger partial charge in [0.2, 0.25) is 0 Å². The summed E-state index contributed by atoms with van der Waals surface area (Å²) in [5.74, 6) is 0. The van der Waals surface area contributed by atoms with Crippen molar-refractivity contribution in [3.05, 3.63) is 60.2 Å². The first-order chi connectivity index (χ1) is 9.20. The summed E-state index contributed by atoms with van der Waals surface area (Å²) in [4.78, 5) is 2.25. The van der Waals surface area contributed by atoms with Gasteiger partial charge in [-0.15, -0.1) is 0 Å². The Balaban J connectivity index is 2.06. The fourth-order valence-corrected chi connectivity index (χ4v) is 2.55. The molecule has 100 valence electrons. The Morgan fingerprint density at radius 1 is 0.895 bits per heavy atom. The zero-order valence-electron chi connectivity index (χ0n) is 10.4. The molecule has 2 unspecified atom stereocenters. The fraction of sp³-hybridized carbons (Fsp3) is 0.200. The maximum absolute atomic E-state index is 9.83. The van der Waals surface area contributed by atoms with E-state index in [0.717, 1.165) is 9.79 Å². The van der Waals surface area contributed by atoms with Crippen LogP contribution in [-0.4, -0.2) is 22.9 Å². The molecule has 0 spiro atoms. The summed E-state index contributed by atoms with van der Waals surface area (Å²) in [6.07, 6.45) is -1.85. The molecular weight excluding hydrogens is 258 g/mol. The quantitative estimate of drug-likeness (QED) is 0.782. The Bertz CT molecular complexity index is 501. The molecule has 2 atom stereocenters. The predicted octanol–water partition coefficient (Wildman–Crippen LogP) is 2.19. The molecule has 0 saturated carbocycles. The lowest BCUT2D eigenvalue weighted by molar-refractivity contribution is 0.0243. The van der Waals surface area contributed by atoms with Crippen LogP contribution in [0.4, 0.5) is 0 Å². The summed E-state index contributed by atoms with van der Waals surface area (Å²) in [5.41, 5.74) is 6.00. The van der Waals surface area contributed by atoms with E-state index in [1.807, 2.05) is 54.6 Å². The van der Waals surface area contributed by atoms with Crippen LogP contribution in [0.5, 0.6) is 0 Å². The Morgan fingerprint density at radius 3 is 2.05 bits per heavy atom. The Labute approximate surface area is 117 Å². The van der Waals surface area contributed by atoms with Crippen LogP contribution in [0.1, 0.15) is 11.7 Å². The van der Waals surface area contributed by atoms with E-state index in [9.17, 15) is 10.2 Å². The van der Waals surface area contributed by atoms with E-state index < -0.39 is 12.2 Å². The number of rotatable bonds is 5. The lowest BCUT2D eigenvalue weighted by Gasteiger charge is -2.16. The van der Waals surface area contributed by atoms with Crippen molar-refractivity contribution >= 4 is 11.8 Å². The molecule has 4 N–H and O–H groups in total. The van der Waals surface area contributed by atoms with E-state index >= 15 is 0 Å². The van der Waals surface area contributed by atoms with Gasteiger partial charge in [-0.2, -0.15) is 0 Å². The van der Waals surface area contributed by atoms with E-state index in [2.05, 4.69) is 0 Å². The van der Waals surface area contributed by atoms with Crippen LogP contribution in [0.2, 0.25) is 0 Å². The first-order valence-corrected chi connectivity index (χ1v) is 6.91. The van der Waals surface area contributed by atoms with Crippen LogP contribution in [0.25, 0.3) is 0 Å². The number of benzene rings is 2. The highest BCUT2D eigenvalue weighted by Crippen LogP contribution is 2.28. The molecule has 0 aliphatic rings. The van der Waals surface area contributed by atoms with E-state index in [1.165, 1.54) is 0 Å². The lowest BCUT2D eigenvalue weighted by Crippen LogP contribution is -2.27. The Kier molecular flexibility index (Phi) is 4.99. The molecule has 0 aromatic heterocycles. The Morgan fingerprint density at radius 2 is 1.47 bits per heavy atom. The van der Waals surface area contributed by atoms with Crippen molar-refractivity contribution in [1.29, 1.82) is 0 Å². The fourth-order valence-electron chi connectivity index (χ4n) is 1.71. The predicted molar refractivity (Wildman–Crippen MR) is 77.0 cm³/mol. The average Bonchev–Trinajstić information content (AvgIpc) is 2.47. The van der Waals surface area contributed by atoms with Gasteiger partial charge in [0.25, 0.3) is 0 Å². The van der Waals surface area contributed by atoms with Gasteiger partial charge in [0.05, 0.1) is 6.10 Å². The SMILES string of the molecule is NCC(O)C(O)c1ccc(Sc2ccccc2)cc1. The molecule has 0 bridgehead atoms. The van der Waals surface area contributed by atoms with Gasteiger partial charge < -0.3 is 15.9 Å². The van der Waals surface area contributed by atoms with Crippen LogP contribution in [0.3, 0.4) is 0 Å². The zero-order valence-corrected chi connectivity index (χ0v) is 11.3. The smallest absolute Gasteiger partial charge is 0.106 e.